The van der Waals surface area contributed by atoms with Crippen molar-refractivity contribution in [3.63, 3.8) is 0 Å². The number of esters is 1. The Bertz CT molecular complexity index is 500. The summed E-state index contributed by atoms with van der Waals surface area (Å²) in [5.41, 5.74) is 7.20. The number of ether oxygens (including phenoxy) is 1. The quantitative estimate of drug-likeness (QED) is 0.559. The van der Waals surface area contributed by atoms with Gasteiger partial charge in [0.15, 0.2) is 0 Å². The molecular weight excluding hydrogens is 258 g/mol. The normalized spacial score (nSPS) is 11.8. The molecule has 20 heavy (non-hydrogen) atoms. The van der Waals surface area contributed by atoms with Crippen LogP contribution < -0.4 is 16.4 Å². The molecule has 0 saturated carbocycles. The van der Waals surface area contributed by atoms with Gasteiger partial charge in [-0.05, 0) is 39.0 Å². The van der Waals surface area contributed by atoms with Gasteiger partial charge in [0.25, 0.3) is 0 Å². The van der Waals surface area contributed by atoms with E-state index in [0.717, 1.165) is 0 Å². The average molecular weight is 279 g/mol. The number of methoxy groups -OCH3 is 1. The van der Waals surface area contributed by atoms with Crippen LogP contribution in [0.25, 0.3) is 0 Å². The number of nitrogens with two attached hydrogens (primary N) is 1. The summed E-state index contributed by atoms with van der Waals surface area (Å²) >= 11 is 0. The third kappa shape index (κ3) is 4.15. The number of rotatable bonds is 5. The fraction of sp³-hybridized carbons (Fsp3) is 0.429. The Kier molecular flexibility index (Phi) is 5.37. The highest BCUT2D eigenvalue weighted by atomic mass is 16.5. The molecule has 1 aromatic carbocycles. The van der Waals surface area contributed by atoms with Crippen LogP contribution in [-0.4, -0.2) is 31.1 Å². The third-order valence-corrected chi connectivity index (χ3v) is 2.67. The van der Waals surface area contributed by atoms with E-state index in [1.807, 2.05) is 13.8 Å². The minimum absolute atomic E-state index is 0.0606. The molecule has 0 fully saturated rings. The molecule has 1 aromatic rings. The van der Waals surface area contributed by atoms with E-state index in [1.54, 1.807) is 25.1 Å². The van der Waals surface area contributed by atoms with Crippen molar-refractivity contribution in [3.05, 3.63) is 23.8 Å². The standard InChI is InChI=1S/C14H21N3O3/c1-8(2)16-13(18)9(3)17-12-7-10(14(19)20-4)5-6-11(12)15/h5-9,17H,15H2,1-4H3,(H,16,18). The molecule has 0 aliphatic rings. The van der Waals surface area contributed by atoms with Crippen molar-refractivity contribution in [3.8, 4) is 0 Å². The number of hydrogen-bond donors (Lipinski definition) is 3. The first-order chi connectivity index (χ1) is 9.35. The van der Waals surface area contributed by atoms with Crippen LogP contribution in [0, 0.1) is 0 Å². The number of carbonyl (C=O) groups is 2. The van der Waals surface area contributed by atoms with E-state index < -0.39 is 12.0 Å². The summed E-state index contributed by atoms with van der Waals surface area (Å²) in [6, 6.07) is 4.34. The summed E-state index contributed by atoms with van der Waals surface area (Å²) in [5.74, 6) is -0.588. The first-order valence-electron chi connectivity index (χ1n) is 6.40. The molecule has 1 amide bonds. The highest BCUT2D eigenvalue weighted by Gasteiger charge is 2.15. The Hall–Kier alpha value is -2.24. The molecule has 0 radical (unpaired) electrons. The molecule has 1 atom stereocenters. The third-order valence-electron chi connectivity index (χ3n) is 2.67. The Morgan fingerprint density at radius 2 is 1.90 bits per heavy atom. The van der Waals surface area contributed by atoms with Crippen molar-refractivity contribution in [1.82, 2.24) is 5.32 Å². The molecule has 0 saturated heterocycles. The van der Waals surface area contributed by atoms with Crippen LogP contribution in [0.2, 0.25) is 0 Å². The van der Waals surface area contributed by atoms with Gasteiger partial charge in [-0.25, -0.2) is 4.79 Å². The lowest BCUT2D eigenvalue weighted by atomic mass is 10.1. The SMILES string of the molecule is COC(=O)c1ccc(N)c(NC(C)C(=O)NC(C)C)c1. The van der Waals surface area contributed by atoms with E-state index >= 15 is 0 Å². The van der Waals surface area contributed by atoms with Crippen LogP contribution in [0.5, 0.6) is 0 Å². The molecule has 1 unspecified atom stereocenters. The second kappa shape index (κ2) is 6.79. The van der Waals surface area contributed by atoms with Crippen molar-refractivity contribution >= 4 is 23.3 Å². The van der Waals surface area contributed by atoms with Gasteiger partial charge < -0.3 is 21.1 Å². The lowest BCUT2D eigenvalue weighted by molar-refractivity contribution is -0.122. The zero-order chi connectivity index (χ0) is 15.3. The maximum atomic E-state index is 11.8. The predicted octanol–water partition coefficient (Wildman–Crippen LogP) is 1.38. The summed E-state index contributed by atoms with van der Waals surface area (Å²) in [5, 5.41) is 5.79. The van der Waals surface area contributed by atoms with Crippen LogP contribution in [0.1, 0.15) is 31.1 Å². The van der Waals surface area contributed by atoms with Crippen LogP contribution in [0.3, 0.4) is 0 Å². The largest absolute Gasteiger partial charge is 0.465 e. The van der Waals surface area contributed by atoms with E-state index in [0.29, 0.717) is 16.9 Å². The molecule has 4 N–H and O–H groups in total. The summed E-state index contributed by atoms with van der Waals surface area (Å²) in [6.07, 6.45) is 0. The topological polar surface area (TPSA) is 93.4 Å². The lowest BCUT2D eigenvalue weighted by Crippen LogP contribution is -2.41. The van der Waals surface area contributed by atoms with Crippen LogP contribution in [0.4, 0.5) is 11.4 Å². The second-order valence-corrected chi connectivity index (χ2v) is 4.82. The minimum atomic E-state index is -0.465. The van der Waals surface area contributed by atoms with Gasteiger partial charge in [0.2, 0.25) is 5.91 Å². The molecule has 0 spiro atoms. The molecule has 110 valence electrons. The molecule has 0 aromatic heterocycles. The van der Waals surface area contributed by atoms with Crippen molar-refractivity contribution in [2.75, 3.05) is 18.2 Å². The van der Waals surface area contributed by atoms with Crippen LogP contribution >= 0.6 is 0 Å². The van der Waals surface area contributed by atoms with Gasteiger partial charge in [-0.1, -0.05) is 0 Å². The first kappa shape index (κ1) is 15.8. The van der Waals surface area contributed by atoms with E-state index in [9.17, 15) is 9.59 Å². The van der Waals surface area contributed by atoms with Gasteiger partial charge in [0.1, 0.15) is 6.04 Å². The van der Waals surface area contributed by atoms with Gasteiger partial charge in [0.05, 0.1) is 24.0 Å². The molecule has 6 heteroatoms. The number of hydrogen-bond acceptors (Lipinski definition) is 5. The Morgan fingerprint density at radius 1 is 1.25 bits per heavy atom. The average Bonchev–Trinajstić information content (AvgIpc) is 2.39. The Labute approximate surface area is 118 Å². The Balaban J connectivity index is 2.86. The fourth-order valence-electron chi connectivity index (χ4n) is 1.63. The summed E-state index contributed by atoms with van der Waals surface area (Å²) in [4.78, 5) is 23.3. The predicted molar refractivity (Wildman–Crippen MR) is 78.6 cm³/mol. The zero-order valence-corrected chi connectivity index (χ0v) is 12.2. The highest BCUT2D eigenvalue weighted by molar-refractivity contribution is 5.93. The summed E-state index contributed by atoms with van der Waals surface area (Å²) < 4.78 is 4.65. The number of benzene rings is 1. The van der Waals surface area contributed by atoms with E-state index in [1.165, 1.54) is 7.11 Å². The summed E-state index contributed by atoms with van der Waals surface area (Å²) in [7, 11) is 1.31. The van der Waals surface area contributed by atoms with Gasteiger partial charge in [-0.15, -0.1) is 0 Å². The fourth-order valence-corrected chi connectivity index (χ4v) is 1.63. The van der Waals surface area contributed by atoms with Crippen LogP contribution in [-0.2, 0) is 9.53 Å². The minimum Gasteiger partial charge on any atom is -0.465 e. The van der Waals surface area contributed by atoms with Gasteiger partial charge in [0, 0.05) is 6.04 Å². The molecule has 1 rings (SSSR count). The Morgan fingerprint density at radius 3 is 2.45 bits per heavy atom. The van der Waals surface area contributed by atoms with E-state index in [2.05, 4.69) is 15.4 Å². The van der Waals surface area contributed by atoms with E-state index in [-0.39, 0.29) is 11.9 Å². The number of carbonyl (C=O) groups excluding carboxylic acids is 2. The molecule has 0 heterocycles. The number of nitrogen functional groups attached to an aromatic ring is 1. The first-order valence-corrected chi connectivity index (χ1v) is 6.40. The van der Waals surface area contributed by atoms with E-state index in [4.69, 9.17) is 5.73 Å². The smallest absolute Gasteiger partial charge is 0.337 e. The van der Waals surface area contributed by atoms with Crippen LogP contribution in [0.15, 0.2) is 18.2 Å². The van der Waals surface area contributed by atoms with Gasteiger partial charge in [-0.3, -0.25) is 4.79 Å². The van der Waals surface area contributed by atoms with Gasteiger partial charge >= 0.3 is 5.97 Å². The van der Waals surface area contributed by atoms with Crippen molar-refractivity contribution in [1.29, 1.82) is 0 Å². The second-order valence-electron chi connectivity index (χ2n) is 4.82. The maximum Gasteiger partial charge on any atom is 0.337 e. The zero-order valence-electron chi connectivity index (χ0n) is 12.2. The molecular formula is C14H21N3O3. The monoisotopic (exact) mass is 279 g/mol. The highest BCUT2D eigenvalue weighted by Crippen LogP contribution is 2.21. The number of anilines is 2. The number of amides is 1. The molecule has 0 aliphatic carbocycles. The molecule has 0 bridgehead atoms. The number of nitrogens with one attached hydrogen (secondary N) is 2. The maximum absolute atomic E-state index is 11.8. The summed E-state index contributed by atoms with van der Waals surface area (Å²) in [6.45, 7) is 5.50. The van der Waals surface area contributed by atoms with Crippen molar-refractivity contribution < 1.29 is 14.3 Å². The van der Waals surface area contributed by atoms with Crippen molar-refractivity contribution in [2.45, 2.75) is 32.9 Å². The van der Waals surface area contributed by atoms with Crippen molar-refractivity contribution in [2.24, 2.45) is 0 Å². The van der Waals surface area contributed by atoms with Gasteiger partial charge in [-0.2, -0.15) is 0 Å². The molecule has 6 nitrogen and oxygen atoms in total. The molecule has 0 aliphatic heterocycles. The lowest BCUT2D eigenvalue weighted by Gasteiger charge is -2.18.